The molecule has 1 amide bonds. The molecule has 1 unspecified atom stereocenters. The molecule has 0 aromatic heterocycles. The number of nitrogens with zero attached hydrogens (tertiary/aromatic N) is 1. The number of aryl methyl sites for hydroxylation is 1. The summed E-state index contributed by atoms with van der Waals surface area (Å²) in [5, 5.41) is 4.00. The molecule has 1 N–H and O–H groups in total. The molecule has 0 radical (unpaired) electrons. The molecule has 0 aliphatic carbocycles. The summed E-state index contributed by atoms with van der Waals surface area (Å²) in [6, 6.07) is 13.5. The predicted molar refractivity (Wildman–Crippen MR) is 104 cm³/mol. The van der Waals surface area contributed by atoms with Crippen molar-refractivity contribution in [3.05, 3.63) is 63.6 Å². The summed E-state index contributed by atoms with van der Waals surface area (Å²) in [5.41, 5.74) is 3.27. The van der Waals surface area contributed by atoms with Crippen LogP contribution in [0.3, 0.4) is 0 Å². The molecule has 1 aliphatic heterocycles. The maximum absolute atomic E-state index is 12.6. The van der Waals surface area contributed by atoms with Crippen LogP contribution >= 0.6 is 23.2 Å². The summed E-state index contributed by atoms with van der Waals surface area (Å²) in [4.78, 5) is 15.0. The van der Waals surface area contributed by atoms with Gasteiger partial charge in [-0.15, -0.1) is 0 Å². The Labute approximate surface area is 158 Å². The first-order valence-corrected chi connectivity index (χ1v) is 9.30. The van der Waals surface area contributed by atoms with Crippen molar-refractivity contribution in [3.63, 3.8) is 0 Å². The number of hydrogen-bond donors (Lipinski definition) is 1. The Bertz CT molecular complexity index is 743. The van der Waals surface area contributed by atoms with Gasteiger partial charge in [0.1, 0.15) is 0 Å². The van der Waals surface area contributed by atoms with E-state index >= 15 is 0 Å². The summed E-state index contributed by atoms with van der Waals surface area (Å²) in [6.07, 6.45) is 1.94. The van der Waals surface area contributed by atoms with Gasteiger partial charge in [-0.1, -0.05) is 47.5 Å². The summed E-state index contributed by atoms with van der Waals surface area (Å²) in [7, 11) is 0. The number of rotatable bonds is 4. The minimum absolute atomic E-state index is 0.0180. The maximum atomic E-state index is 12.6. The van der Waals surface area contributed by atoms with E-state index in [4.69, 9.17) is 23.2 Å². The van der Waals surface area contributed by atoms with E-state index < -0.39 is 0 Å². The molecule has 2 aromatic carbocycles. The van der Waals surface area contributed by atoms with Gasteiger partial charge in [0.05, 0.1) is 5.92 Å². The normalized spacial score (nSPS) is 18.1. The number of benzene rings is 2. The van der Waals surface area contributed by atoms with E-state index in [9.17, 15) is 4.79 Å². The molecular formula is C20H22Cl2N2O. The van der Waals surface area contributed by atoms with Crippen molar-refractivity contribution in [1.29, 1.82) is 0 Å². The highest BCUT2D eigenvalue weighted by molar-refractivity contribution is 6.35. The number of amides is 1. The molecule has 2 aromatic rings. The van der Waals surface area contributed by atoms with Gasteiger partial charge >= 0.3 is 0 Å². The first-order chi connectivity index (χ1) is 12.0. The zero-order valence-corrected chi connectivity index (χ0v) is 15.8. The quantitative estimate of drug-likeness (QED) is 0.799. The Kier molecular flexibility index (Phi) is 6.00. The van der Waals surface area contributed by atoms with Crippen LogP contribution in [0.2, 0.25) is 10.0 Å². The topological polar surface area (TPSA) is 32.3 Å². The van der Waals surface area contributed by atoms with Crippen LogP contribution < -0.4 is 5.32 Å². The van der Waals surface area contributed by atoms with Crippen molar-refractivity contribution in [2.75, 3.05) is 18.4 Å². The van der Waals surface area contributed by atoms with Crippen LogP contribution in [0.4, 0.5) is 5.69 Å². The van der Waals surface area contributed by atoms with Gasteiger partial charge < -0.3 is 5.32 Å². The minimum Gasteiger partial charge on any atom is -0.326 e. The zero-order chi connectivity index (χ0) is 17.8. The van der Waals surface area contributed by atoms with Gasteiger partial charge in [-0.3, -0.25) is 9.69 Å². The van der Waals surface area contributed by atoms with Crippen molar-refractivity contribution in [2.45, 2.75) is 26.3 Å². The Hall–Kier alpha value is -1.55. The molecule has 1 saturated heterocycles. The number of nitrogens with one attached hydrogen (secondary N) is 1. The van der Waals surface area contributed by atoms with Gasteiger partial charge in [0, 0.05) is 28.8 Å². The molecule has 0 spiro atoms. The Morgan fingerprint density at radius 1 is 1.20 bits per heavy atom. The lowest BCUT2D eigenvalue weighted by Gasteiger charge is -2.32. The molecule has 1 fully saturated rings. The highest BCUT2D eigenvalue weighted by Crippen LogP contribution is 2.25. The second-order valence-electron chi connectivity index (χ2n) is 6.65. The van der Waals surface area contributed by atoms with Crippen LogP contribution in [-0.4, -0.2) is 23.9 Å². The van der Waals surface area contributed by atoms with Gasteiger partial charge in [0.25, 0.3) is 0 Å². The molecule has 0 bridgehead atoms. The SMILES string of the molecule is Cc1ccccc1CN1CCCC(C(=O)Nc2cc(Cl)cc(Cl)c2)C1. The summed E-state index contributed by atoms with van der Waals surface area (Å²) in [6.45, 7) is 4.82. The van der Waals surface area contributed by atoms with E-state index in [1.54, 1.807) is 18.2 Å². The van der Waals surface area contributed by atoms with E-state index in [1.165, 1.54) is 11.1 Å². The third-order valence-corrected chi connectivity index (χ3v) is 5.10. The predicted octanol–water partition coefficient (Wildman–Crippen LogP) is 5.15. The number of carbonyl (C=O) groups excluding carboxylic acids is 1. The Morgan fingerprint density at radius 2 is 1.92 bits per heavy atom. The molecule has 3 nitrogen and oxygen atoms in total. The number of piperidine rings is 1. The fourth-order valence-electron chi connectivity index (χ4n) is 3.31. The zero-order valence-electron chi connectivity index (χ0n) is 14.3. The molecule has 1 aliphatic rings. The molecule has 0 saturated carbocycles. The second kappa shape index (κ2) is 8.22. The number of anilines is 1. The third-order valence-electron chi connectivity index (χ3n) is 4.66. The monoisotopic (exact) mass is 376 g/mol. The highest BCUT2D eigenvalue weighted by Gasteiger charge is 2.26. The molecular weight excluding hydrogens is 355 g/mol. The van der Waals surface area contributed by atoms with Crippen LogP contribution in [0.5, 0.6) is 0 Å². The molecule has 132 valence electrons. The molecule has 3 rings (SSSR count). The lowest BCUT2D eigenvalue weighted by molar-refractivity contribution is -0.121. The number of halogens is 2. The second-order valence-corrected chi connectivity index (χ2v) is 7.52. The Balaban J connectivity index is 1.62. The van der Waals surface area contributed by atoms with Gasteiger partial charge in [-0.25, -0.2) is 0 Å². The molecule has 1 heterocycles. The first-order valence-electron chi connectivity index (χ1n) is 8.55. The average molecular weight is 377 g/mol. The van der Waals surface area contributed by atoms with E-state index in [-0.39, 0.29) is 11.8 Å². The summed E-state index contributed by atoms with van der Waals surface area (Å²) >= 11 is 12.0. The number of likely N-dealkylation sites (tertiary alicyclic amines) is 1. The van der Waals surface area contributed by atoms with E-state index in [1.807, 2.05) is 0 Å². The van der Waals surface area contributed by atoms with E-state index in [0.717, 1.165) is 32.5 Å². The maximum Gasteiger partial charge on any atom is 0.228 e. The summed E-state index contributed by atoms with van der Waals surface area (Å²) < 4.78 is 0. The van der Waals surface area contributed by atoms with Crippen LogP contribution in [0.15, 0.2) is 42.5 Å². The number of hydrogen-bond acceptors (Lipinski definition) is 2. The van der Waals surface area contributed by atoms with Crippen LogP contribution in [0.1, 0.15) is 24.0 Å². The highest BCUT2D eigenvalue weighted by atomic mass is 35.5. The van der Waals surface area contributed by atoms with Crippen LogP contribution in [0, 0.1) is 12.8 Å². The van der Waals surface area contributed by atoms with Crippen molar-refractivity contribution < 1.29 is 4.79 Å². The number of carbonyl (C=O) groups is 1. The van der Waals surface area contributed by atoms with Crippen LogP contribution in [-0.2, 0) is 11.3 Å². The van der Waals surface area contributed by atoms with E-state index in [2.05, 4.69) is 41.4 Å². The standard InChI is InChI=1S/C20H22Cl2N2O/c1-14-5-2-3-6-15(14)12-24-8-4-7-16(13-24)20(25)23-19-10-17(21)9-18(22)11-19/h2-3,5-6,9-11,16H,4,7-8,12-13H2,1H3,(H,23,25). The van der Waals surface area contributed by atoms with Gasteiger partial charge in [-0.2, -0.15) is 0 Å². The Morgan fingerprint density at radius 3 is 2.64 bits per heavy atom. The third kappa shape index (κ3) is 4.97. The lowest BCUT2D eigenvalue weighted by atomic mass is 9.96. The smallest absolute Gasteiger partial charge is 0.228 e. The van der Waals surface area contributed by atoms with Gasteiger partial charge in [0.2, 0.25) is 5.91 Å². The van der Waals surface area contributed by atoms with Crippen molar-refractivity contribution >= 4 is 34.8 Å². The molecule has 25 heavy (non-hydrogen) atoms. The van der Waals surface area contributed by atoms with Crippen LogP contribution in [0.25, 0.3) is 0 Å². The minimum atomic E-state index is -0.0180. The first kappa shape index (κ1) is 18.2. The molecule has 5 heteroatoms. The average Bonchev–Trinajstić information content (AvgIpc) is 2.56. The van der Waals surface area contributed by atoms with Crippen molar-refractivity contribution in [1.82, 2.24) is 4.90 Å². The van der Waals surface area contributed by atoms with Crippen molar-refractivity contribution in [3.8, 4) is 0 Å². The lowest BCUT2D eigenvalue weighted by Crippen LogP contribution is -2.40. The molecule has 1 atom stereocenters. The fraction of sp³-hybridized carbons (Fsp3) is 0.350. The van der Waals surface area contributed by atoms with Gasteiger partial charge in [-0.05, 0) is 55.6 Å². The van der Waals surface area contributed by atoms with Crippen molar-refractivity contribution in [2.24, 2.45) is 5.92 Å². The van der Waals surface area contributed by atoms with E-state index in [0.29, 0.717) is 15.7 Å². The fourth-order valence-corrected chi connectivity index (χ4v) is 3.84. The largest absolute Gasteiger partial charge is 0.326 e. The van der Waals surface area contributed by atoms with Gasteiger partial charge in [0.15, 0.2) is 0 Å². The summed E-state index contributed by atoms with van der Waals surface area (Å²) in [5.74, 6) is 0.0170.